The Balaban J connectivity index is 2.45. The highest BCUT2D eigenvalue weighted by atomic mass is 19.4. The molecule has 0 spiro atoms. The molecule has 1 N–H and O–H groups in total. The maximum atomic E-state index is 13.4. The third-order valence-electron chi connectivity index (χ3n) is 3.20. The van der Waals surface area contributed by atoms with E-state index in [4.69, 9.17) is 0 Å². The highest BCUT2D eigenvalue weighted by molar-refractivity contribution is 5.42. The second-order valence-corrected chi connectivity index (χ2v) is 4.89. The summed E-state index contributed by atoms with van der Waals surface area (Å²) in [6, 6.07) is 6.91. The number of alkyl halides is 3. The zero-order valence-corrected chi connectivity index (χ0v) is 12.0. The molecule has 0 saturated heterocycles. The van der Waals surface area contributed by atoms with Crippen molar-refractivity contribution in [1.82, 2.24) is 15.1 Å². The van der Waals surface area contributed by atoms with E-state index in [2.05, 4.69) is 10.4 Å². The Bertz CT molecular complexity index is 602. The molecule has 1 heterocycles. The lowest BCUT2D eigenvalue weighted by Gasteiger charge is -2.14. The van der Waals surface area contributed by atoms with Crippen LogP contribution in [0.5, 0.6) is 0 Å². The van der Waals surface area contributed by atoms with Crippen LogP contribution in [0.2, 0.25) is 0 Å². The number of aromatic nitrogens is 2. The van der Waals surface area contributed by atoms with Gasteiger partial charge in [0.15, 0.2) is 5.69 Å². The van der Waals surface area contributed by atoms with Crippen LogP contribution in [0.1, 0.15) is 30.2 Å². The van der Waals surface area contributed by atoms with E-state index in [0.717, 1.165) is 16.7 Å². The summed E-state index contributed by atoms with van der Waals surface area (Å²) in [4.78, 5) is 0. The standard InChI is InChI=1S/C15H18F3N3/c1-3-8-19-9-12-10-20-21(14(12)15(16,17)18)13-7-5-4-6-11(13)2/h4-7,10,19H,3,8-9H2,1-2H3. The third-order valence-corrected chi connectivity index (χ3v) is 3.20. The van der Waals surface area contributed by atoms with Crippen molar-refractivity contribution in [1.29, 1.82) is 0 Å². The van der Waals surface area contributed by atoms with Crippen molar-refractivity contribution in [2.24, 2.45) is 0 Å². The van der Waals surface area contributed by atoms with Gasteiger partial charge in [-0.3, -0.25) is 0 Å². The third kappa shape index (κ3) is 3.44. The van der Waals surface area contributed by atoms with E-state index in [0.29, 0.717) is 12.2 Å². The highest BCUT2D eigenvalue weighted by Crippen LogP contribution is 2.34. The summed E-state index contributed by atoms with van der Waals surface area (Å²) in [5.74, 6) is 0. The van der Waals surface area contributed by atoms with Gasteiger partial charge >= 0.3 is 6.18 Å². The number of aryl methyl sites for hydroxylation is 1. The Kier molecular flexibility index (Phi) is 4.67. The number of hydrogen-bond acceptors (Lipinski definition) is 2. The van der Waals surface area contributed by atoms with E-state index >= 15 is 0 Å². The first-order chi connectivity index (χ1) is 9.95. The normalized spacial score (nSPS) is 11.9. The molecular weight excluding hydrogens is 279 g/mol. The maximum absolute atomic E-state index is 13.4. The van der Waals surface area contributed by atoms with Gasteiger partial charge in [0.1, 0.15) is 0 Å². The van der Waals surface area contributed by atoms with Gasteiger partial charge in [-0.05, 0) is 31.5 Å². The molecule has 6 heteroatoms. The highest BCUT2D eigenvalue weighted by Gasteiger charge is 2.38. The lowest BCUT2D eigenvalue weighted by atomic mass is 10.2. The number of nitrogens with zero attached hydrogens (tertiary/aromatic N) is 2. The average molecular weight is 297 g/mol. The van der Waals surface area contributed by atoms with Crippen molar-refractivity contribution in [3.8, 4) is 5.69 Å². The van der Waals surface area contributed by atoms with Gasteiger partial charge in [0.05, 0.1) is 11.9 Å². The van der Waals surface area contributed by atoms with Crippen molar-refractivity contribution >= 4 is 0 Å². The fourth-order valence-electron chi connectivity index (χ4n) is 2.20. The molecule has 0 fully saturated rings. The van der Waals surface area contributed by atoms with E-state index in [9.17, 15) is 13.2 Å². The summed E-state index contributed by atoms with van der Waals surface area (Å²) < 4.78 is 41.1. The average Bonchev–Trinajstić information content (AvgIpc) is 2.83. The smallest absolute Gasteiger partial charge is 0.313 e. The first kappa shape index (κ1) is 15.6. The van der Waals surface area contributed by atoms with Crippen molar-refractivity contribution in [2.45, 2.75) is 33.0 Å². The van der Waals surface area contributed by atoms with Crippen LogP contribution in [0.25, 0.3) is 5.69 Å². The molecular formula is C15H18F3N3. The summed E-state index contributed by atoms with van der Waals surface area (Å²) in [5.41, 5.74) is 0.658. The van der Waals surface area contributed by atoms with Gasteiger partial charge in [0.25, 0.3) is 0 Å². The number of rotatable bonds is 5. The molecule has 0 saturated carbocycles. The first-order valence-electron chi connectivity index (χ1n) is 6.86. The lowest BCUT2D eigenvalue weighted by molar-refractivity contribution is -0.143. The van der Waals surface area contributed by atoms with Crippen molar-refractivity contribution in [3.05, 3.63) is 47.3 Å². The summed E-state index contributed by atoms with van der Waals surface area (Å²) in [6.45, 7) is 4.57. The van der Waals surface area contributed by atoms with E-state index in [-0.39, 0.29) is 12.1 Å². The van der Waals surface area contributed by atoms with Gasteiger partial charge in [0.2, 0.25) is 0 Å². The molecule has 0 unspecified atom stereocenters. The maximum Gasteiger partial charge on any atom is 0.433 e. The first-order valence-corrected chi connectivity index (χ1v) is 6.86. The van der Waals surface area contributed by atoms with Gasteiger partial charge in [-0.2, -0.15) is 18.3 Å². The van der Waals surface area contributed by atoms with Crippen LogP contribution in [-0.2, 0) is 12.7 Å². The summed E-state index contributed by atoms with van der Waals surface area (Å²) in [7, 11) is 0. The minimum atomic E-state index is -4.44. The van der Waals surface area contributed by atoms with Crippen LogP contribution in [0.4, 0.5) is 13.2 Å². The van der Waals surface area contributed by atoms with E-state index < -0.39 is 11.9 Å². The molecule has 0 aliphatic heterocycles. The van der Waals surface area contributed by atoms with Gasteiger partial charge < -0.3 is 5.32 Å². The van der Waals surface area contributed by atoms with Gasteiger partial charge in [-0.1, -0.05) is 25.1 Å². The number of para-hydroxylation sites is 1. The van der Waals surface area contributed by atoms with Gasteiger partial charge in [0, 0.05) is 12.1 Å². The monoisotopic (exact) mass is 297 g/mol. The summed E-state index contributed by atoms with van der Waals surface area (Å²) in [5, 5.41) is 6.94. The van der Waals surface area contributed by atoms with Crippen molar-refractivity contribution in [2.75, 3.05) is 6.54 Å². The van der Waals surface area contributed by atoms with Crippen LogP contribution in [-0.4, -0.2) is 16.3 Å². The molecule has 21 heavy (non-hydrogen) atoms. The van der Waals surface area contributed by atoms with E-state index in [1.165, 1.54) is 6.20 Å². The predicted octanol–water partition coefficient (Wildman–Crippen LogP) is 3.70. The molecule has 114 valence electrons. The lowest BCUT2D eigenvalue weighted by Crippen LogP contribution is -2.20. The molecule has 2 rings (SSSR count). The number of nitrogens with one attached hydrogen (secondary N) is 1. The Hall–Kier alpha value is -1.82. The molecule has 1 aromatic carbocycles. The molecule has 0 atom stereocenters. The van der Waals surface area contributed by atoms with Crippen molar-refractivity contribution in [3.63, 3.8) is 0 Å². The zero-order chi connectivity index (χ0) is 15.5. The largest absolute Gasteiger partial charge is 0.433 e. The summed E-state index contributed by atoms with van der Waals surface area (Å²) in [6.07, 6.45) is -2.28. The molecule has 3 nitrogen and oxygen atoms in total. The van der Waals surface area contributed by atoms with Crippen LogP contribution < -0.4 is 5.32 Å². The SMILES string of the molecule is CCCNCc1cnn(-c2ccccc2C)c1C(F)(F)F. The zero-order valence-electron chi connectivity index (χ0n) is 12.0. The summed E-state index contributed by atoms with van der Waals surface area (Å²) >= 11 is 0. The van der Waals surface area contributed by atoms with E-state index in [1.807, 2.05) is 6.92 Å². The Morgan fingerprint density at radius 3 is 2.57 bits per heavy atom. The van der Waals surface area contributed by atoms with Gasteiger partial charge in [-0.15, -0.1) is 0 Å². The quantitative estimate of drug-likeness (QED) is 0.853. The van der Waals surface area contributed by atoms with Crippen LogP contribution in [0, 0.1) is 6.92 Å². The molecule has 0 aliphatic rings. The Morgan fingerprint density at radius 1 is 1.24 bits per heavy atom. The number of hydrogen-bond donors (Lipinski definition) is 1. The molecule has 0 amide bonds. The predicted molar refractivity (Wildman–Crippen MR) is 75.3 cm³/mol. The minimum Gasteiger partial charge on any atom is -0.313 e. The minimum absolute atomic E-state index is 0.161. The van der Waals surface area contributed by atoms with Crippen LogP contribution in [0.15, 0.2) is 30.5 Å². The van der Waals surface area contributed by atoms with Crippen LogP contribution >= 0.6 is 0 Å². The topological polar surface area (TPSA) is 29.9 Å². The number of halogens is 3. The number of benzene rings is 1. The second kappa shape index (κ2) is 6.30. The fourth-order valence-corrected chi connectivity index (χ4v) is 2.20. The van der Waals surface area contributed by atoms with Crippen molar-refractivity contribution < 1.29 is 13.2 Å². The van der Waals surface area contributed by atoms with E-state index in [1.54, 1.807) is 31.2 Å². The van der Waals surface area contributed by atoms with Crippen LogP contribution in [0.3, 0.4) is 0 Å². The molecule has 1 aromatic heterocycles. The molecule has 0 aliphatic carbocycles. The second-order valence-electron chi connectivity index (χ2n) is 4.89. The Labute approximate surface area is 121 Å². The molecule has 0 radical (unpaired) electrons. The molecule has 2 aromatic rings. The fraction of sp³-hybridized carbons (Fsp3) is 0.400. The van der Waals surface area contributed by atoms with Gasteiger partial charge in [-0.25, -0.2) is 4.68 Å². The molecule has 0 bridgehead atoms. The Morgan fingerprint density at radius 2 is 1.95 bits per heavy atom.